The van der Waals surface area contributed by atoms with Crippen molar-refractivity contribution >= 4 is 21.8 Å². The molecule has 2 aromatic carbocycles. The third-order valence-electron chi connectivity index (χ3n) is 4.34. The Kier molecular flexibility index (Phi) is 6.04. The first-order valence-electron chi connectivity index (χ1n) is 8.80. The van der Waals surface area contributed by atoms with Crippen LogP contribution in [-0.2, 0) is 19.6 Å². The fourth-order valence-electron chi connectivity index (χ4n) is 2.53. The van der Waals surface area contributed by atoms with E-state index in [1.54, 1.807) is 37.3 Å². The number of rotatable bonds is 5. The summed E-state index contributed by atoms with van der Waals surface area (Å²) in [5, 5.41) is 0. The number of ether oxygens (including phenoxy) is 2. The number of benzene rings is 2. The Balaban J connectivity index is 1.48. The summed E-state index contributed by atoms with van der Waals surface area (Å²) in [6, 6.07) is 11.6. The van der Waals surface area contributed by atoms with Crippen LogP contribution < -0.4 is 25.0 Å². The standard InChI is InChI=1S/C19H21N3O6S/c1-12-7-8-14(9-13(12)2)29(25,26)20-10-18(23)21-22-19(24)17-11-27-15-5-3-4-6-16(15)28-17/h3-9,17,20H,10-11H2,1-2H3,(H,21,23)(H,22,24)/t17-/m0/s1. The molecule has 3 N–H and O–H groups in total. The highest BCUT2D eigenvalue weighted by atomic mass is 32.2. The molecule has 29 heavy (non-hydrogen) atoms. The fourth-order valence-corrected chi connectivity index (χ4v) is 3.60. The molecule has 0 saturated heterocycles. The SMILES string of the molecule is Cc1ccc(S(=O)(=O)NCC(=O)NNC(=O)[C@@H]2COc3ccccc3O2)cc1C. The van der Waals surface area contributed by atoms with Crippen molar-refractivity contribution in [3.05, 3.63) is 53.6 Å². The Hall–Kier alpha value is -3.11. The molecule has 0 aliphatic carbocycles. The number of fused-ring (bicyclic) bond motifs is 1. The number of hydrogen-bond acceptors (Lipinski definition) is 6. The van der Waals surface area contributed by atoms with Crippen molar-refractivity contribution in [2.24, 2.45) is 0 Å². The third kappa shape index (κ3) is 5.04. The van der Waals surface area contributed by atoms with Crippen LogP contribution in [0.5, 0.6) is 11.5 Å². The largest absolute Gasteiger partial charge is 0.485 e. The van der Waals surface area contributed by atoms with Crippen LogP contribution in [0.4, 0.5) is 0 Å². The minimum Gasteiger partial charge on any atom is -0.485 e. The van der Waals surface area contributed by atoms with Crippen molar-refractivity contribution in [1.82, 2.24) is 15.6 Å². The highest BCUT2D eigenvalue weighted by molar-refractivity contribution is 7.89. The van der Waals surface area contributed by atoms with Crippen LogP contribution in [0.15, 0.2) is 47.4 Å². The van der Waals surface area contributed by atoms with Gasteiger partial charge in [-0.1, -0.05) is 18.2 Å². The van der Waals surface area contributed by atoms with Crippen molar-refractivity contribution < 1.29 is 27.5 Å². The van der Waals surface area contributed by atoms with E-state index in [0.717, 1.165) is 11.1 Å². The van der Waals surface area contributed by atoms with Gasteiger partial charge >= 0.3 is 0 Å². The van der Waals surface area contributed by atoms with Crippen molar-refractivity contribution in [3.63, 3.8) is 0 Å². The van der Waals surface area contributed by atoms with E-state index < -0.39 is 34.5 Å². The van der Waals surface area contributed by atoms with Gasteiger partial charge in [0.05, 0.1) is 11.4 Å². The van der Waals surface area contributed by atoms with Gasteiger partial charge in [0.1, 0.15) is 6.61 Å². The lowest BCUT2D eigenvalue weighted by Crippen LogP contribution is -2.52. The van der Waals surface area contributed by atoms with E-state index in [1.807, 2.05) is 6.92 Å². The molecule has 1 aliphatic heterocycles. The van der Waals surface area contributed by atoms with E-state index in [9.17, 15) is 18.0 Å². The van der Waals surface area contributed by atoms with E-state index in [2.05, 4.69) is 15.6 Å². The zero-order valence-electron chi connectivity index (χ0n) is 15.9. The number of hydrazine groups is 1. The highest BCUT2D eigenvalue weighted by Crippen LogP contribution is 2.30. The van der Waals surface area contributed by atoms with Gasteiger partial charge in [0, 0.05) is 0 Å². The highest BCUT2D eigenvalue weighted by Gasteiger charge is 2.27. The maximum atomic E-state index is 12.3. The molecular formula is C19H21N3O6S. The minimum absolute atomic E-state index is 0.0158. The van der Waals surface area contributed by atoms with Gasteiger partial charge in [0.15, 0.2) is 11.5 Å². The average Bonchev–Trinajstić information content (AvgIpc) is 2.72. The van der Waals surface area contributed by atoms with E-state index in [0.29, 0.717) is 11.5 Å². The molecule has 2 aromatic rings. The van der Waals surface area contributed by atoms with Gasteiger partial charge in [-0.3, -0.25) is 20.4 Å². The minimum atomic E-state index is -3.86. The number of nitrogens with one attached hydrogen (secondary N) is 3. The molecule has 9 nitrogen and oxygen atoms in total. The summed E-state index contributed by atoms with van der Waals surface area (Å²) in [6.45, 7) is 3.11. The molecule has 154 valence electrons. The van der Waals surface area contributed by atoms with E-state index in [1.165, 1.54) is 12.1 Å². The quantitative estimate of drug-likeness (QED) is 0.609. The smallest absolute Gasteiger partial charge is 0.283 e. The predicted molar refractivity (Wildman–Crippen MR) is 104 cm³/mol. The average molecular weight is 419 g/mol. The Morgan fingerprint density at radius 3 is 2.48 bits per heavy atom. The van der Waals surface area contributed by atoms with E-state index in [4.69, 9.17) is 9.47 Å². The lowest BCUT2D eigenvalue weighted by Gasteiger charge is -2.25. The zero-order valence-corrected chi connectivity index (χ0v) is 16.7. The molecule has 0 aromatic heterocycles. The molecule has 1 heterocycles. The molecule has 0 fully saturated rings. The van der Waals surface area contributed by atoms with Gasteiger partial charge in [-0.2, -0.15) is 0 Å². The summed E-state index contributed by atoms with van der Waals surface area (Å²) in [7, 11) is -3.86. The first-order valence-corrected chi connectivity index (χ1v) is 10.3. The van der Waals surface area contributed by atoms with Crippen LogP contribution in [0.1, 0.15) is 11.1 Å². The van der Waals surface area contributed by atoms with Crippen molar-refractivity contribution in [3.8, 4) is 11.5 Å². The summed E-state index contributed by atoms with van der Waals surface area (Å²) in [6.07, 6.45) is -0.947. The molecule has 0 bridgehead atoms. The molecule has 2 amide bonds. The summed E-state index contributed by atoms with van der Waals surface area (Å²) in [4.78, 5) is 24.1. The lowest BCUT2D eigenvalue weighted by molar-refractivity contribution is -0.134. The first kappa shape index (κ1) is 20.6. The Morgan fingerprint density at radius 2 is 1.76 bits per heavy atom. The molecular weight excluding hydrogens is 398 g/mol. The summed E-state index contributed by atoms with van der Waals surface area (Å²) < 4.78 is 37.7. The normalized spacial score (nSPS) is 15.4. The molecule has 10 heteroatoms. The number of carbonyl (C=O) groups is 2. The molecule has 0 unspecified atom stereocenters. The number of aryl methyl sites for hydroxylation is 2. The van der Waals surface area contributed by atoms with Crippen LogP contribution in [0, 0.1) is 13.8 Å². The van der Waals surface area contributed by atoms with Crippen LogP contribution in [0.25, 0.3) is 0 Å². The second-order valence-electron chi connectivity index (χ2n) is 6.47. The maximum Gasteiger partial charge on any atom is 0.283 e. The van der Waals surface area contributed by atoms with Crippen molar-refractivity contribution in [2.45, 2.75) is 24.8 Å². The second kappa shape index (κ2) is 8.50. The Morgan fingerprint density at radius 1 is 1.03 bits per heavy atom. The number of amides is 2. The number of para-hydroxylation sites is 2. The fraction of sp³-hybridized carbons (Fsp3) is 0.263. The molecule has 0 spiro atoms. The molecule has 1 aliphatic rings. The van der Waals surface area contributed by atoms with Gasteiger partial charge in [-0.15, -0.1) is 0 Å². The van der Waals surface area contributed by atoms with Gasteiger partial charge in [-0.25, -0.2) is 13.1 Å². The van der Waals surface area contributed by atoms with Crippen LogP contribution in [0.3, 0.4) is 0 Å². The Labute approximate surface area is 168 Å². The van der Waals surface area contributed by atoms with Crippen molar-refractivity contribution in [2.75, 3.05) is 13.2 Å². The lowest BCUT2D eigenvalue weighted by atomic mass is 10.1. The van der Waals surface area contributed by atoms with Crippen LogP contribution in [-0.4, -0.2) is 39.5 Å². The summed E-state index contributed by atoms with van der Waals surface area (Å²) in [5.41, 5.74) is 6.12. The summed E-state index contributed by atoms with van der Waals surface area (Å²) >= 11 is 0. The van der Waals surface area contributed by atoms with Gasteiger partial charge in [0.2, 0.25) is 16.1 Å². The monoisotopic (exact) mass is 419 g/mol. The molecule has 3 rings (SSSR count). The van der Waals surface area contributed by atoms with Gasteiger partial charge in [-0.05, 0) is 49.2 Å². The number of carbonyl (C=O) groups excluding carboxylic acids is 2. The maximum absolute atomic E-state index is 12.3. The van der Waals surface area contributed by atoms with Gasteiger partial charge in [0.25, 0.3) is 11.8 Å². The molecule has 1 atom stereocenters. The van der Waals surface area contributed by atoms with E-state index >= 15 is 0 Å². The second-order valence-corrected chi connectivity index (χ2v) is 8.24. The Bertz CT molecular complexity index is 1040. The van der Waals surface area contributed by atoms with Crippen LogP contribution in [0.2, 0.25) is 0 Å². The zero-order chi connectivity index (χ0) is 21.0. The van der Waals surface area contributed by atoms with Crippen molar-refractivity contribution in [1.29, 1.82) is 0 Å². The summed E-state index contributed by atoms with van der Waals surface area (Å²) in [5.74, 6) is -0.402. The molecule has 0 saturated carbocycles. The predicted octanol–water partition coefficient (Wildman–Crippen LogP) is 0.569. The first-order chi connectivity index (χ1) is 13.8. The third-order valence-corrected chi connectivity index (χ3v) is 5.74. The van der Waals surface area contributed by atoms with E-state index in [-0.39, 0.29) is 11.5 Å². The number of hydrogen-bond donors (Lipinski definition) is 3. The van der Waals surface area contributed by atoms with Gasteiger partial charge < -0.3 is 9.47 Å². The topological polar surface area (TPSA) is 123 Å². The number of sulfonamides is 1. The molecule has 0 radical (unpaired) electrons. The van der Waals surface area contributed by atoms with Crippen LogP contribution >= 0.6 is 0 Å².